The molecule has 2 aromatic rings. The lowest BCUT2D eigenvalue weighted by atomic mass is 10.1. The highest BCUT2D eigenvalue weighted by molar-refractivity contribution is 7.39. The van der Waals surface area contributed by atoms with Gasteiger partial charge in [-0.2, -0.15) is 9.79 Å². The Bertz CT molecular complexity index is 640. The molecule has 4 unspecified atom stereocenters. The van der Waals surface area contributed by atoms with Gasteiger partial charge in [-0.15, -0.1) is 0 Å². The van der Waals surface area contributed by atoms with Crippen molar-refractivity contribution in [3.63, 3.8) is 0 Å². The van der Waals surface area contributed by atoms with E-state index in [9.17, 15) is 18.9 Å². The van der Waals surface area contributed by atoms with Crippen LogP contribution in [-0.2, 0) is 9.13 Å². The largest absolute Gasteiger partial charge is 0.529 e. The molecule has 0 radical (unpaired) electrons. The third-order valence-electron chi connectivity index (χ3n) is 3.54. The molecule has 0 heterocycles. The van der Waals surface area contributed by atoms with Gasteiger partial charge in [0.25, 0.3) is 11.6 Å². The molecule has 0 fully saturated rings. The van der Waals surface area contributed by atoms with Gasteiger partial charge in [-0.3, -0.25) is 0 Å². The summed E-state index contributed by atoms with van der Waals surface area (Å²) in [5.41, 5.74) is 3.27. The normalized spacial score (nSPS) is 15.0. The zero-order valence-corrected chi connectivity index (χ0v) is 14.7. The molecular weight excluding hydrogens is 332 g/mol. The zero-order valence-electron chi connectivity index (χ0n) is 12.9. The summed E-state index contributed by atoms with van der Waals surface area (Å²) in [4.78, 5) is 19.3. The first-order valence-corrected chi connectivity index (χ1v) is 9.64. The Labute approximate surface area is 137 Å². The topological polar surface area (TPSA) is 86.6 Å². The minimum Gasteiger partial charge on any atom is -0.216 e. The van der Waals surface area contributed by atoms with Gasteiger partial charge in [0.05, 0.1) is 0 Å². The van der Waals surface area contributed by atoms with E-state index in [0.717, 1.165) is 11.1 Å². The number of benzene rings is 2. The molecule has 0 spiro atoms. The van der Waals surface area contributed by atoms with Crippen molar-refractivity contribution in [2.45, 2.75) is 25.4 Å². The Morgan fingerprint density at radius 3 is 1.30 bits per heavy atom. The molecule has 120 valence electrons. The third-order valence-corrected chi connectivity index (χ3v) is 5.32. The first kappa shape index (κ1) is 17.9. The summed E-state index contributed by atoms with van der Waals surface area (Å²) in [5, 5.41) is 2.86. The average molecular weight is 351 g/mol. The molecular formula is C16H19NO4P2+2. The quantitative estimate of drug-likeness (QED) is 0.683. The number of nitrogens with one attached hydrogen (secondary N) is 1. The lowest BCUT2D eigenvalue weighted by molar-refractivity contribution is 0.450. The maximum Gasteiger partial charge on any atom is 0.529 e. The zero-order chi connectivity index (χ0) is 17.0. The molecule has 23 heavy (non-hydrogen) atoms. The van der Waals surface area contributed by atoms with Crippen molar-refractivity contribution in [2.24, 2.45) is 0 Å². The van der Waals surface area contributed by atoms with Crippen LogP contribution >= 0.6 is 16.1 Å². The fraction of sp³-hybridized carbons (Fsp3) is 0.250. The lowest BCUT2D eigenvalue weighted by Crippen LogP contribution is -2.22. The average Bonchev–Trinajstić information content (AvgIpc) is 2.50. The number of hydrogen-bond acceptors (Lipinski definition) is 3. The maximum absolute atomic E-state index is 11.7. The summed E-state index contributed by atoms with van der Waals surface area (Å²) < 4.78 is 23.5. The summed E-state index contributed by atoms with van der Waals surface area (Å²) in [6.07, 6.45) is 0. The molecule has 3 N–H and O–H groups in total. The van der Waals surface area contributed by atoms with E-state index in [2.05, 4.69) is 5.32 Å². The SMILES string of the molecule is Cc1ccc(C(NC(c2ccc(C)cc2)[P+](=O)O)[P+](=O)O)cc1. The second kappa shape index (κ2) is 7.87. The minimum absolute atomic E-state index is 0.605. The number of rotatable bonds is 6. The van der Waals surface area contributed by atoms with Crippen molar-refractivity contribution in [3.05, 3.63) is 70.8 Å². The summed E-state index contributed by atoms with van der Waals surface area (Å²) in [7, 11) is -5.21. The van der Waals surface area contributed by atoms with E-state index < -0.39 is 27.6 Å². The monoisotopic (exact) mass is 351 g/mol. The second-order valence-electron chi connectivity index (χ2n) is 5.40. The van der Waals surface area contributed by atoms with Gasteiger partial charge in [0.2, 0.25) is 0 Å². The Balaban J connectivity index is 2.31. The van der Waals surface area contributed by atoms with Gasteiger partial charge in [0, 0.05) is 11.1 Å². The Hall–Kier alpha value is -1.48. The standard InChI is InChI=1S/C16H17NO4P2/c1-11-3-7-13(8-4-11)15(22(18)19)17-16(23(20)21)14-9-5-12(2)6-10-14/h3-10,15-17H,1-2H3/p+2. The Morgan fingerprint density at radius 2 is 1.04 bits per heavy atom. The van der Waals surface area contributed by atoms with Crippen molar-refractivity contribution in [1.29, 1.82) is 0 Å². The van der Waals surface area contributed by atoms with E-state index in [1.165, 1.54) is 0 Å². The molecule has 5 nitrogen and oxygen atoms in total. The number of aryl methyl sites for hydroxylation is 2. The van der Waals surface area contributed by atoms with Crippen molar-refractivity contribution in [2.75, 3.05) is 0 Å². The van der Waals surface area contributed by atoms with E-state index in [1.807, 2.05) is 38.1 Å². The van der Waals surface area contributed by atoms with Gasteiger partial charge in [-0.1, -0.05) is 59.7 Å². The van der Waals surface area contributed by atoms with Crippen LogP contribution in [0.3, 0.4) is 0 Å². The molecule has 2 rings (SSSR count). The van der Waals surface area contributed by atoms with Gasteiger partial charge < -0.3 is 0 Å². The fourth-order valence-corrected chi connectivity index (χ4v) is 3.75. The van der Waals surface area contributed by atoms with Crippen LogP contribution in [0.5, 0.6) is 0 Å². The molecule has 0 saturated heterocycles. The molecule has 2 aromatic carbocycles. The maximum atomic E-state index is 11.7. The Morgan fingerprint density at radius 1 is 0.739 bits per heavy atom. The molecule has 0 saturated carbocycles. The predicted octanol–water partition coefficient (Wildman–Crippen LogP) is 4.06. The molecule has 0 aliphatic carbocycles. The summed E-state index contributed by atoms with van der Waals surface area (Å²) >= 11 is 0. The van der Waals surface area contributed by atoms with E-state index in [1.54, 1.807) is 24.3 Å². The third kappa shape index (κ3) is 4.74. The highest BCUT2D eigenvalue weighted by Gasteiger charge is 2.41. The van der Waals surface area contributed by atoms with Gasteiger partial charge in [-0.25, -0.2) is 5.32 Å². The molecule has 0 aliphatic rings. The lowest BCUT2D eigenvalue weighted by Gasteiger charge is -2.11. The van der Waals surface area contributed by atoms with Crippen molar-refractivity contribution < 1.29 is 18.9 Å². The predicted molar refractivity (Wildman–Crippen MR) is 90.6 cm³/mol. The smallest absolute Gasteiger partial charge is 0.216 e. The van der Waals surface area contributed by atoms with E-state index in [0.29, 0.717) is 11.1 Å². The highest BCUT2D eigenvalue weighted by Crippen LogP contribution is 2.43. The summed E-state index contributed by atoms with van der Waals surface area (Å²) in [5.74, 6) is -1.83. The van der Waals surface area contributed by atoms with Gasteiger partial charge in [-0.05, 0) is 23.0 Å². The van der Waals surface area contributed by atoms with Crippen LogP contribution in [0, 0.1) is 13.8 Å². The highest BCUT2D eigenvalue weighted by atomic mass is 31.1. The van der Waals surface area contributed by atoms with Gasteiger partial charge >= 0.3 is 16.1 Å². The van der Waals surface area contributed by atoms with Crippen LogP contribution in [0.4, 0.5) is 0 Å². The molecule has 0 aromatic heterocycles. The molecule has 0 amide bonds. The first-order chi connectivity index (χ1) is 10.9. The molecule has 4 atom stereocenters. The van der Waals surface area contributed by atoms with E-state index >= 15 is 0 Å². The second-order valence-corrected chi connectivity index (χ2v) is 7.64. The first-order valence-electron chi connectivity index (χ1n) is 7.08. The Kier molecular flexibility index (Phi) is 6.11. The summed E-state index contributed by atoms with van der Waals surface area (Å²) in [6.45, 7) is 3.84. The van der Waals surface area contributed by atoms with Crippen molar-refractivity contribution in [1.82, 2.24) is 5.32 Å². The fourth-order valence-electron chi connectivity index (χ4n) is 2.22. The van der Waals surface area contributed by atoms with E-state index in [-0.39, 0.29) is 0 Å². The van der Waals surface area contributed by atoms with Crippen LogP contribution in [0.15, 0.2) is 48.5 Å². The summed E-state index contributed by atoms with van der Waals surface area (Å²) in [6, 6.07) is 14.3. The van der Waals surface area contributed by atoms with Gasteiger partial charge in [0.1, 0.15) is 0 Å². The van der Waals surface area contributed by atoms with Crippen LogP contribution in [0.1, 0.15) is 33.8 Å². The van der Waals surface area contributed by atoms with Crippen molar-refractivity contribution in [3.8, 4) is 0 Å². The number of hydrogen-bond donors (Lipinski definition) is 3. The van der Waals surface area contributed by atoms with Crippen LogP contribution in [0.2, 0.25) is 0 Å². The van der Waals surface area contributed by atoms with Crippen LogP contribution in [0.25, 0.3) is 0 Å². The molecule has 0 aliphatic heterocycles. The molecule has 7 heteroatoms. The minimum atomic E-state index is -2.60. The van der Waals surface area contributed by atoms with Crippen molar-refractivity contribution >= 4 is 16.1 Å². The van der Waals surface area contributed by atoms with Crippen LogP contribution in [-0.4, -0.2) is 9.79 Å². The van der Waals surface area contributed by atoms with Crippen LogP contribution < -0.4 is 5.32 Å². The van der Waals surface area contributed by atoms with E-state index in [4.69, 9.17) is 0 Å². The van der Waals surface area contributed by atoms with Gasteiger partial charge in [0.15, 0.2) is 0 Å². The molecule has 0 bridgehead atoms.